The molecule has 7 aromatic carbocycles. The van der Waals surface area contributed by atoms with Crippen molar-refractivity contribution in [2.24, 2.45) is 0 Å². The molecule has 0 unspecified atom stereocenters. The Hall–Kier alpha value is -6.50. The van der Waals surface area contributed by atoms with Crippen LogP contribution in [0, 0.1) is 11.3 Å². The van der Waals surface area contributed by atoms with E-state index in [0.29, 0.717) is 5.56 Å². The van der Waals surface area contributed by atoms with Gasteiger partial charge < -0.3 is 4.90 Å². The summed E-state index contributed by atoms with van der Waals surface area (Å²) in [7, 11) is 0. The van der Waals surface area contributed by atoms with Crippen molar-refractivity contribution in [2.45, 2.75) is 38.5 Å². The molecule has 0 atom stereocenters. The van der Waals surface area contributed by atoms with Crippen LogP contribution in [0.25, 0.3) is 54.9 Å². The zero-order valence-electron chi connectivity index (χ0n) is 30.3. The summed E-state index contributed by atoms with van der Waals surface area (Å²) in [6.45, 7) is 9.46. The Balaban J connectivity index is 1.06. The molecule has 0 aliphatic heterocycles. The van der Waals surface area contributed by atoms with E-state index in [2.05, 4.69) is 153 Å². The van der Waals surface area contributed by atoms with E-state index in [0.717, 1.165) is 28.2 Å². The zero-order valence-corrected chi connectivity index (χ0v) is 30.3. The molecule has 0 amide bonds. The fourth-order valence-corrected chi connectivity index (χ4v) is 9.08. The molecule has 0 bridgehead atoms. The van der Waals surface area contributed by atoms with Gasteiger partial charge in [-0.2, -0.15) is 5.26 Å². The Morgan fingerprint density at radius 1 is 0.491 bits per heavy atom. The number of fused-ring (bicyclic) bond motifs is 3. The van der Waals surface area contributed by atoms with E-state index in [9.17, 15) is 5.26 Å². The van der Waals surface area contributed by atoms with Crippen LogP contribution in [0.4, 0.5) is 17.1 Å². The van der Waals surface area contributed by atoms with Gasteiger partial charge >= 0.3 is 0 Å². The number of aromatic nitrogens is 1. The first-order valence-electron chi connectivity index (χ1n) is 18.3. The first kappa shape index (κ1) is 31.3. The van der Waals surface area contributed by atoms with E-state index >= 15 is 0 Å². The quantitative estimate of drug-likeness (QED) is 0.170. The number of anilines is 3. The predicted octanol–water partition coefficient (Wildman–Crippen LogP) is 13.0. The van der Waals surface area contributed by atoms with E-state index in [1.54, 1.807) is 6.20 Å². The number of hydrogen-bond donors (Lipinski definition) is 0. The fourth-order valence-electron chi connectivity index (χ4n) is 9.08. The van der Waals surface area contributed by atoms with Crippen molar-refractivity contribution in [2.75, 3.05) is 4.90 Å². The number of rotatable bonds is 5. The molecule has 1 heterocycles. The van der Waals surface area contributed by atoms with Crippen molar-refractivity contribution >= 4 is 38.6 Å². The fraction of sp³-hybridized carbons (Fsp3) is 0.120. The maximum atomic E-state index is 9.54. The average Bonchev–Trinajstić information content (AvgIpc) is 3.57. The second-order valence-corrected chi connectivity index (χ2v) is 15.6. The van der Waals surface area contributed by atoms with Crippen LogP contribution in [0.15, 0.2) is 152 Å². The largest absolute Gasteiger partial charge is 0.310 e. The van der Waals surface area contributed by atoms with Crippen LogP contribution < -0.4 is 4.90 Å². The van der Waals surface area contributed by atoms with Crippen LogP contribution in [0.2, 0.25) is 0 Å². The summed E-state index contributed by atoms with van der Waals surface area (Å²) in [5.41, 5.74) is 16.3. The van der Waals surface area contributed by atoms with E-state index in [1.807, 2.05) is 36.5 Å². The third-order valence-electron chi connectivity index (χ3n) is 11.9. The van der Waals surface area contributed by atoms with Crippen molar-refractivity contribution in [3.05, 3.63) is 180 Å². The summed E-state index contributed by atoms with van der Waals surface area (Å²) in [5, 5.41) is 15.0. The topological polar surface area (TPSA) is 39.9 Å². The Labute approximate surface area is 310 Å². The number of pyridine rings is 1. The van der Waals surface area contributed by atoms with Gasteiger partial charge in [0.15, 0.2) is 0 Å². The minimum Gasteiger partial charge on any atom is -0.310 e. The predicted molar refractivity (Wildman–Crippen MR) is 219 cm³/mol. The van der Waals surface area contributed by atoms with Crippen LogP contribution in [0.3, 0.4) is 0 Å². The van der Waals surface area contributed by atoms with Crippen LogP contribution in [-0.4, -0.2) is 4.98 Å². The lowest BCUT2D eigenvalue weighted by Crippen LogP contribution is -2.17. The van der Waals surface area contributed by atoms with Gasteiger partial charge in [-0.3, -0.25) is 4.98 Å². The molecule has 0 spiro atoms. The smallest absolute Gasteiger partial charge is 0.0991 e. The van der Waals surface area contributed by atoms with Gasteiger partial charge in [0.1, 0.15) is 0 Å². The maximum Gasteiger partial charge on any atom is 0.0991 e. The van der Waals surface area contributed by atoms with Crippen molar-refractivity contribution < 1.29 is 0 Å². The summed E-state index contributed by atoms with van der Waals surface area (Å²) >= 11 is 0. The molecule has 3 nitrogen and oxygen atoms in total. The molecule has 3 heteroatoms. The highest BCUT2D eigenvalue weighted by Crippen LogP contribution is 2.53. The highest BCUT2D eigenvalue weighted by molar-refractivity contribution is 6.15. The van der Waals surface area contributed by atoms with Gasteiger partial charge in [-0.05, 0) is 150 Å². The molecule has 0 fully saturated rings. The third-order valence-corrected chi connectivity index (χ3v) is 11.9. The minimum absolute atomic E-state index is 0.0556. The monoisotopic (exact) mass is 679 g/mol. The van der Waals surface area contributed by atoms with Crippen molar-refractivity contribution in [1.82, 2.24) is 4.98 Å². The average molecular weight is 680 g/mol. The second kappa shape index (κ2) is 11.2. The molecule has 252 valence electrons. The van der Waals surface area contributed by atoms with Crippen LogP contribution in [-0.2, 0) is 10.8 Å². The van der Waals surface area contributed by atoms with E-state index in [1.165, 1.54) is 66.1 Å². The summed E-state index contributed by atoms with van der Waals surface area (Å²) in [5.74, 6) is 0. The van der Waals surface area contributed by atoms with Gasteiger partial charge in [0.25, 0.3) is 0 Å². The molecule has 8 aromatic rings. The van der Waals surface area contributed by atoms with Crippen molar-refractivity contribution in [1.29, 1.82) is 5.26 Å². The van der Waals surface area contributed by atoms with Crippen LogP contribution in [0.1, 0.15) is 55.5 Å². The van der Waals surface area contributed by atoms with Gasteiger partial charge in [0.05, 0.1) is 11.6 Å². The van der Waals surface area contributed by atoms with Gasteiger partial charge in [-0.1, -0.05) is 94.4 Å². The highest BCUT2D eigenvalue weighted by atomic mass is 15.1. The number of hydrogen-bond acceptors (Lipinski definition) is 3. The lowest BCUT2D eigenvalue weighted by atomic mass is 9.79. The Morgan fingerprint density at radius 2 is 1.11 bits per heavy atom. The SMILES string of the molecule is CC1(C)c2cc(-c3cc4c5c(ccc6cccc(c65)C4(C)C)c3)ccc2-c2ccc(N(c3ccc(C#N)cc3)c3ccc(-c4cccnc4)cc3)cc21. The molecule has 1 aromatic heterocycles. The zero-order chi connectivity index (χ0) is 36.1. The van der Waals surface area contributed by atoms with Gasteiger partial charge in [-0.25, -0.2) is 0 Å². The van der Waals surface area contributed by atoms with Crippen molar-refractivity contribution in [3.8, 4) is 39.4 Å². The van der Waals surface area contributed by atoms with Gasteiger partial charge in [0.2, 0.25) is 0 Å². The molecule has 0 saturated heterocycles. The molecular weight excluding hydrogens is 643 g/mol. The highest BCUT2D eigenvalue weighted by Gasteiger charge is 2.37. The standard InChI is InChI=1S/C50H37N3/c1-49(2)43-9-5-7-33-12-13-35-25-37(27-46(49)48(35)47(33)43)34-16-22-41-42-23-21-40(28-45(42)50(3,4)44(41)26-34)53(38-17-10-31(29-51)11-18-38)39-19-14-32(15-20-39)36-8-6-24-52-30-36/h5-28,30H,1-4H3. The summed E-state index contributed by atoms with van der Waals surface area (Å²) in [6, 6.07) is 53.0. The lowest BCUT2D eigenvalue weighted by Gasteiger charge is -2.28. The second-order valence-electron chi connectivity index (χ2n) is 15.6. The lowest BCUT2D eigenvalue weighted by molar-refractivity contribution is 0.660. The summed E-state index contributed by atoms with van der Waals surface area (Å²) in [6.07, 6.45) is 3.69. The maximum absolute atomic E-state index is 9.54. The first-order chi connectivity index (χ1) is 25.7. The molecule has 2 aliphatic carbocycles. The Bertz CT molecular complexity index is 2820. The number of benzene rings is 7. The van der Waals surface area contributed by atoms with Crippen LogP contribution >= 0.6 is 0 Å². The molecule has 10 rings (SSSR count). The van der Waals surface area contributed by atoms with E-state index in [-0.39, 0.29) is 10.8 Å². The third kappa shape index (κ3) is 4.62. The molecule has 0 radical (unpaired) electrons. The summed E-state index contributed by atoms with van der Waals surface area (Å²) in [4.78, 5) is 6.60. The van der Waals surface area contributed by atoms with Crippen LogP contribution in [0.5, 0.6) is 0 Å². The molecule has 53 heavy (non-hydrogen) atoms. The Morgan fingerprint density at radius 3 is 1.85 bits per heavy atom. The number of nitriles is 1. The van der Waals surface area contributed by atoms with E-state index in [4.69, 9.17) is 0 Å². The first-order valence-corrected chi connectivity index (χ1v) is 18.3. The molecule has 0 N–H and O–H groups in total. The summed E-state index contributed by atoms with van der Waals surface area (Å²) < 4.78 is 0. The number of nitrogens with zero attached hydrogens (tertiary/aromatic N) is 3. The van der Waals surface area contributed by atoms with E-state index < -0.39 is 0 Å². The van der Waals surface area contributed by atoms with Crippen molar-refractivity contribution in [3.63, 3.8) is 0 Å². The van der Waals surface area contributed by atoms with Gasteiger partial charge in [-0.15, -0.1) is 0 Å². The molecule has 2 aliphatic rings. The Kier molecular flexibility index (Phi) is 6.63. The van der Waals surface area contributed by atoms with Gasteiger partial charge in [0, 0.05) is 40.3 Å². The molecular formula is C50H37N3. The molecule has 0 saturated carbocycles. The normalized spacial score (nSPS) is 14.3. The minimum atomic E-state index is -0.216.